The number of carbonyl (C=O) groups excluding carboxylic acids is 1. The number of hydrogen-bond donors (Lipinski definition) is 2. The van der Waals surface area contributed by atoms with Crippen molar-refractivity contribution < 1.29 is 42.0 Å². The van der Waals surface area contributed by atoms with Gasteiger partial charge in [-0.2, -0.15) is 0 Å². The minimum absolute atomic E-state index is 0. The Hall–Kier alpha value is -0.780. The number of carboxylic acids is 1. The van der Waals surface area contributed by atoms with Gasteiger partial charge in [0.05, 0.1) is 12.2 Å². The van der Waals surface area contributed by atoms with Gasteiger partial charge in [0, 0.05) is 12.4 Å². The fourth-order valence-corrected chi connectivity index (χ4v) is 2.58. The Morgan fingerprint density at radius 2 is 1.86 bits per heavy atom. The first-order valence-corrected chi connectivity index (χ1v) is 7.21. The van der Waals surface area contributed by atoms with Crippen molar-refractivity contribution >= 4 is 16.4 Å². The molecule has 21 heavy (non-hydrogen) atoms. The number of aliphatic hydroxyl groups is 2. The first-order chi connectivity index (χ1) is 9.03. The maximum atomic E-state index is 10.6. The highest BCUT2D eigenvalue weighted by atomic mass is 32.3. The van der Waals surface area contributed by atoms with Gasteiger partial charge in [0.25, 0.3) is 0 Å². The zero-order valence-electron chi connectivity index (χ0n) is 10.8. The Morgan fingerprint density at radius 1 is 1.33 bits per heavy atom. The number of ether oxygens (including phenoxy) is 1. The molecule has 1 heterocycles. The third kappa shape index (κ3) is 5.49. The number of carboxylic acid groups (broad SMARTS) is 1. The van der Waals surface area contributed by atoms with Crippen LogP contribution in [0, 0.1) is 5.92 Å². The Morgan fingerprint density at radius 3 is 2.24 bits per heavy atom. The van der Waals surface area contributed by atoms with Crippen molar-refractivity contribution in [3.05, 3.63) is 0 Å². The third-order valence-corrected chi connectivity index (χ3v) is 3.43. The third-order valence-electron chi connectivity index (χ3n) is 2.98. The predicted octanol–water partition coefficient (Wildman–Crippen LogP) is -2.25. The summed E-state index contributed by atoms with van der Waals surface area (Å²) in [6.07, 6.45) is -8.12. The molecule has 0 saturated carbocycles. The van der Waals surface area contributed by atoms with Gasteiger partial charge >= 0.3 is 0 Å². The van der Waals surface area contributed by atoms with Crippen LogP contribution in [0.2, 0.25) is 0 Å². The Bertz CT molecular complexity index is 447. The molecule has 9 nitrogen and oxygen atoms in total. The van der Waals surface area contributed by atoms with Crippen molar-refractivity contribution in [1.82, 2.24) is 0 Å². The molecule has 0 radical (unpaired) electrons. The normalized spacial score (nSPS) is 33.5. The molecular formula is C11H20O9S-2. The van der Waals surface area contributed by atoms with Gasteiger partial charge in [-0.1, -0.05) is 21.3 Å². The summed E-state index contributed by atoms with van der Waals surface area (Å²) in [5.74, 6) is -1.90. The van der Waals surface area contributed by atoms with E-state index in [1.807, 2.05) is 0 Å². The molecule has 126 valence electrons. The quantitative estimate of drug-likeness (QED) is 0.420. The van der Waals surface area contributed by atoms with Crippen molar-refractivity contribution in [3.8, 4) is 0 Å². The zero-order valence-corrected chi connectivity index (χ0v) is 11.6. The molecular weight excluding hydrogens is 308 g/mol. The molecule has 0 aliphatic carbocycles. The Balaban J connectivity index is 0.00000400. The van der Waals surface area contributed by atoms with E-state index in [1.165, 1.54) is 0 Å². The van der Waals surface area contributed by atoms with Gasteiger partial charge in [-0.15, -0.1) is 0 Å². The van der Waals surface area contributed by atoms with Crippen LogP contribution >= 0.6 is 0 Å². The molecule has 0 spiro atoms. The lowest BCUT2D eigenvalue weighted by Crippen LogP contribution is -2.60. The fraction of sp³-hybridized carbons (Fsp3) is 0.909. The number of aliphatic carboxylic acids is 1. The summed E-state index contributed by atoms with van der Waals surface area (Å²) in [6.45, 7) is 3.19. The lowest BCUT2D eigenvalue weighted by atomic mass is 9.88. The first kappa shape index (κ1) is 20.2. The van der Waals surface area contributed by atoms with E-state index in [0.29, 0.717) is 0 Å². The summed E-state index contributed by atoms with van der Waals surface area (Å²) < 4.78 is 41.4. The van der Waals surface area contributed by atoms with Crippen LogP contribution in [-0.2, 0) is 24.1 Å². The summed E-state index contributed by atoms with van der Waals surface area (Å²) in [4.78, 5) is 10.5. The van der Waals surface area contributed by atoms with E-state index in [0.717, 1.165) is 0 Å². The average Bonchev–Trinajstić information content (AvgIpc) is 2.26. The highest BCUT2D eigenvalue weighted by Crippen LogP contribution is 2.30. The molecule has 1 rings (SSSR count). The molecule has 10 heteroatoms. The molecule has 2 N–H and O–H groups in total. The molecule has 1 fully saturated rings. The summed E-state index contributed by atoms with van der Waals surface area (Å²) in [7, 11) is -5.12. The largest absolute Gasteiger partial charge is 0.726 e. The van der Waals surface area contributed by atoms with E-state index in [1.54, 1.807) is 13.8 Å². The van der Waals surface area contributed by atoms with Gasteiger partial charge in [0.2, 0.25) is 10.4 Å². The van der Waals surface area contributed by atoms with E-state index < -0.39 is 59.2 Å². The molecule has 5 atom stereocenters. The first-order valence-electron chi connectivity index (χ1n) is 5.88. The number of aliphatic hydroxyl groups excluding tert-OH is 2. The summed E-state index contributed by atoms with van der Waals surface area (Å²) in [5.41, 5.74) is 0. The average molecular weight is 328 g/mol. The van der Waals surface area contributed by atoms with Crippen LogP contribution in [0.25, 0.3) is 0 Å². The standard InChI is InChI=1S/C10H18O9S.CH4/c1-4(2)9-10(19-20(15,16)17)8(14)7(13)5(18-9)3-6(11)12;/h4-5,7-10,13-14H,3H2,1-2H3,(H,11,12)(H,15,16,17);1H4/p-2/t5?,7-,8-,9+,10?;/m1./s1. The lowest BCUT2D eigenvalue weighted by Gasteiger charge is -2.44. The second kappa shape index (κ2) is 7.47. The Kier molecular flexibility index (Phi) is 7.20. The Labute approximate surface area is 123 Å². The number of hydrogen-bond acceptors (Lipinski definition) is 9. The lowest BCUT2D eigenvalue weighted by molar-refractivity contribution is -0.312. The fourth-order valence-electron chi connectivity index (χ4n) is 2.09. The minimum atomic E-state index is -5.12. The van der Waals surface area contributed by atoms with E-state index >= 15 is 0 Å². The topological polar surface area (TPSA) is 156 Å². The zero-order chi connectivity index (χ0) is 15.7. The maximum absolute atomic E-state index is 10.6. The molecule has 0 aromatic carbocycles. The van der Waals surface area contributed by atoms with Crippen molar-refractivity contribution in [3.63, 3.8) is 0 Å². The highest BCUT2D eigenvalue weighted by Gasteiger charge is 2.47. The van der Waals surface area contributed by atoms with Gasteiger partial charge in [0.15, 0.2) is 0 Å². The van der Waals surface area contributed by atoms with Crippen molar-refractivity contribution in [1.29, 1.82) is 0 Å². The molecule has 1 aliphatic rings. The van der Waals surface area contributed by atoms with Crippen LogP contribution in [0.1, 0.15) is 27.7 Å². The van der Waals surface area contributed by atoms with Gasteiger partial charge < -0.3 is 29.4 Å². The maximum Gasteiger partial charge on any atom is 0.218 e. The van der Waals surface area contributed by atoms with Crippen LogP contribution in [0.5, 0.6) is 0 Å². The second-order valence-electron chi connectivity index (χ2n) is 4.91. The molecule has 2 unspecified atom stereocenters. The van der Waals surface area contributed by atoms with E-state index in [4.69, 9.17) is 4.74 Å². The predicted molar refractivity (Wildman–Crippen MR) is 66.4 cm³/mol. The van der Waals surface area contributed by atoms with Crippen LogP contribution in [0.3, 0.4) is 0 Å². The summed E-state index contributed by atoms with van der Waals surface area (Å²) >= 11 is 0. The van der Waals surface area contributed by atoms with E-state index in [2.05, 4.69) is 4.18 Å². The van der Waals surface area contributed by atoms with Gasteiger partial charge in [-0.25, -0.2) is 8.42 Å². The van der Waals surface area contributed by atoms with Gasteiger partial charge in [-0.05, 0) is 5.92 Å². The summed E-state index contributed by atoms with van der Waals surface area (Å²) in [6, 6.07) is 0. The smallest absolute Gasteiger partial charge is 0.218 e. The second-order valence-corrected chi connectivity index (χ2v) is 5.92. The van der Waals surface area contributed by atoms with Crippen LogP contribution < -0.4 is 5.11 Å². The van der Waals surface area contributed by atoms with Gasteiger partial charge in [0.1, 0.15) is 18.3 Å². The SMILES string of the molecule is C.CC(C)[C@@H]1OC(CC(=O)[O-])[C@@H](O)[C@@H](O)C1OS(=O)(=O)[O-]. The summed E-state index contributed by atoms with van der Waals surface area (Å²) in [5, 5.41) is 30.1. The number of rotatable bonds is 5. The number of carbonyl (C=O) groups is 1. The molecule has 0 aromatic heterocycles. The monoisotopic (exact) mass is 328 g/mol. The molecule has 1 aliphatic heterocycles. The molecule has 0 aromatic rings. The van der Waals surface area contributed by atoms with Crippen LogP contribution in [-0.4, -0.2) is 59.7 Å². The van der Waals surface area contributed by atoms with Crippen LogP contribution in [0.4, 0.5) is 0 Å². The highest BCUT2D eigenvalue weighted by molar-refractivity contribution is 7.80. The van der Waals surface area contributed by atoms with Crippen LogP contribution in [0.15, 0.2) is 0 Å². The minimum Gasteiger partial charge on any atom is -0.726 e. The molecule has 0 amide bonds. The molecule has 1 saturated heterocycles. The van der Waals surface area contributed by atoms with Gasteiger partial charge in [-0.3, -0.25) is 4.18 Å². The van der Waals surface area contributed by atoms with Crippen molar-refractivity contribution in [2.45, 2.75) is 58.2 Å². The molecule has 0 bridgehead atoms. The van der Waals surface area contributed by atoms with E-state index in [9.17, 15) is 33.1 Å². The van der Waals surface area contributed by atoms with Crippen molar-refractivity contribution in [2.75, 3.05) is 0 Å². The van der Waals surface area contributed by atoms with Crippen molar-refractivity contribution in [2.24, 2.45) is 5.92 Å². The van der Waals surface area contributed by atoms with E-state index in [-0.39, 0.29) is 7.43 Å².